The highest BCUT2D eigenvalue weighted by Crippen LogP contribution is 2.16. The molecule has 0 radical (unpaired) electrons. The maximum Gasteiger partial charge on any atom is 0.0944 e. The molecule has 2 aromatic rings. The van der Waals surface area contributed by atoms with Gasteiger partial charge in [-0.3, -0.25) is 9.97 Å². The molecule has 4 nitrogen and oxygen atoms in total. The fourth-order valence-electron chi connectivity index (χ4n) is 1.47. The van der Waals surface area contributed by atoms with Crippen LogP contribution in [0.15, 0.2) is 24.0 Å². The lowest BCUT2D eigenvalue weighted by Crippen LogP contribution is -2.20. The van der Waals surface area contributed by atoms with Gasteiger partial charge in [-0.2, -0.15) is 0 Å². The van der Waals surface area contributed by atoms with Gasteiger partial charge in [-0.05, 0) is 14.0 Å². The van der Waals surface area contributed by atoms with E-state index in [4.69, 9.17) is 0 Å². The molecule has 2 aromatic heterocycles. The van der Waals surface area contributed by atoms with Crippen LogP contribution in [0.5, 0.6) is 0 Å². The van der Waals surface area contributed by atoms with Gasteiger partial charge in [-0.15, -0.1) is 11.3 Å². The van der Waals surface area contributed by atoms with E-state index in [0.29, 0.717) is 0 Å². The van der Waals surface area contributed by atoms with Crippen LogP contribution < -0.4 is 5.32 Å². The highest BCUT2D eigenvalue weighted by atomic mass is 32.1. The molecule has 0 aliphatic rings. The van der Waals surface area contributed by atoms with E-state index in [1.165, 1.54) is 0 Å². The van der Waals surface area contributed by atoms with Crippen LogP contribution in [0.3, 0.4) is 0 Å². The first-order chi connectivity index (χ1) is 7.79. The molecule has 1 N–H and O–H groups in total. The Morgan fingerprint density at radius 2 is 2.19 bits per heavy atom. The van der Waals surface area contributed by atoms with Gasteiger partial charge in [0.2, 0.25) is 0 Å². The number of rotatable bonds is 4. The SMILES string of the molecule is CNC(Cc1nccs1)c1cnc(C)cn1. The molecule has 16 heavy (non-hydrogen) atoms. The third kappa shape index (κ3) is 2.62. The normalized spacial score (nSPS) is 12.6. The van der Waals surface area contributed by atoms with Gasteiger partial charge in [0.15, 0.2) is 0 Å². The van der Waals surface area contributed by atoms with E-state index < -0.39 is 0 Å². The quantitative estimate of drug-likeness (QED) is 0.875. The zero-order chi connectivity index (χ0) is 11.4. The molecule has 1 unspecified atom stereocenters. The Labute approximate surface area is 98.8 Å². The van der Waals surface area contributed by atoms with Crippen LogP contribution in [0.2, 0.25) is 0 Å². The van der Waals surface area contributed by atoms with Crippen molar-refractivity contribution < 1.29 is 0 Å². The number of hydrogen-bond acceptors (Lipinski definition) is 5. The molecule has 0 spiro atoms. The summed E-state index contributed by atoms with van der Waals surface area (Å²) < 4.78 is 0. The second-order valence-electron chi connectivity index (χ2n) is 3.55. The van der Waals surface area contributed by atoms with Crippen LogP contribution in [0.1, 0.15) is 22.4 Å². The molecule has 0 amide bonds. The van der Waals surface area contributed by atoms with Gasteiger partial charge in [0.05, 0.1) is 28.6 Å². The van der Waals surface area contributed by atoms with Crippen molar-refractivity contribution in [3.05, 3.63) is 40.4 Å². The standard InChI is InChI=1S/C11H14N4S/c1-8-6-15-10(7-14-8)9(12-2)5-11-13-3-4-16-11/h3-4,6-7,9,12H,5H2,1-2H3. The minimum absolute atomic E-state index is 0.180. The van der Waals surface area contributed by atoms with Crippen molar-refractivity contribution in [2.75, 3.05) is 7.05 Å². The lowest BCUT2D eigenvalue weighted by Gasteiger charge is -2.13. The zero-order valence-corrected chi connectivity index (χ0v) is 10.2. The van der Waals surface area contributed by atoms with Crippen molar-refractivity contribution in [2.45, 2.75) is 19.4 Å². The van der Waals surface area contributed by atoms with E-state index in [1.54, 1.807) is 17.5 Å². The van der Waals surface area contributed by atoms with Crippen molar-refractivity contribution in [2.24, 2.45) is 0 Å². The van der Waals surface area contributed by atoms with Gasteiger partial charge in [0.25, 0.3) is 0 Å². The van der Waals surface area contributed by atoms with Gasteiger partial charge >= 0.3 is 0 Å². The maximum atomic E-state index is 4.38. The van der Waals surface area contributed by atoms with Crippen molar-refractivity contribution in [1.82, 2.24) is 20.3 Å². The molecule has 0 bridgehead atoms. The highest BCUT2D eigenvalue weighted by Gasteiger charge is 2.13. The molecule has 0 fully saturated rings. The maximum absolute atomic E-state index is 4.38. The molecule has 0 aliphatic carbocycles. The van der Waals surface area contributed by atoms with Gasteiger partial charge in [0, 0.05) is 24.2 Å². The van der Waals surface area contributed by atoms with Crippen LogP contribution in [-0.2, 0) is 6.42 Å². The fourth-order valence-corrected chi connectivity index (χ4v) is 2.13. The average molecular weight is 234 g/mol. The monoisotopic (exact) mass is 234 g/mol. The molecule has 2 rings (SSSR count). The molecular weight excluding hydrogens is 220 g/mol. The predicted molar refractivity (Wildman–Crippen MR) is 64.4 cm³/mol. The predicted octanol–water partition coefficient (Wildman–Crippen LogP) is 1.74. The van der Waals surface area contributed by atoms with Gasteiger partial charge in [-0.25, -0.2) is 4.98 Å². The third-order valence-electron chi connectivity index (χ3n) is 2.37. The number of thiazole rings is 1. The second-order valence-corrected chi connectivity index (χ2v) is 4.53. The number of nitrogens with one attached hydrogen (secondary N) is 1. The molecule has 1 atom stereocenters. The van der Waals surface area contributed by atoms with E-state index >= 15 is 0 Å². The van der Waals surface area contributed by atoms with Crippen molar-refractivity contribution in [1.29, 1.82) is 0 Å². The van der Waals surface area contributed by atoms with Gasteiger partial charge < -0.3 is 5.32 Å². The van der Waals surface area contributed by atoms with Crippen LogP contribution in [0.4, 0.5) is 0 Å². The van der Waals surface area contributed by atoms with Crippen molar-refractivity contribution >= 4 is 11.3 Å². The molecule has 0 aliphatic heterocycles. The average Bonchev–Trinajstić information content (AvgIpc) is 2.80. The summed E-state index contributed by atoms with van der Waals surface area (Å²) >= 11 is 1.67. The van der Waals surface area contributed by atoms with Crippen molar-refractivity contribution in [3.8, 4) is 0 Å². The minimum Gasteiger partial charge on any atom is -0.311 e. The van der Waals surface area contributed by atoms with E-state index in [1.807, 2.05) is 31.7 Å². The molecule has 84 valence electrons. The minimum atomic E-state index is 0.180. The Balaban J connectivity index is 2.13. The summed E-state index contributed by atoms with van der Waals surface area (Å²) in [6.07, 6.45) is 6.30. The smallest absolute Gasteiger partial charge is 0.0944 e. The molecule has 0 aromatic carbocycles. The third-order valence-corrected chi connectivity index (χ3v) is 3.17. The van der Waals surface area contributed by atoms with Crippen molar-refractivity contribution in [3.63, 3.8) is 0 Å². The van der Waals surface area contributed by atoms with Crippen LogP contribution in [0.25, 0.3) is 0 Å². The fraction of sp³-hybridized carbons (Fsp3) is 0.364. The van der Waals surface area contributed by atoms with Gasteiger partial charge in [0.1, 0.15) is 0 Å². The lowest BCUT2D eigenvalue weighted by atomic mass is 10.1. The Hall–Kier alpha value is -1.33. The first-order valence-corrected chi connectivity index (χ1v) is 6.01. The second kappa shape index (κ2) is 5.14. The van der Waals surface area contributed by atoms with Crippen LogP contribution >= 0.6 is 11.3 Å². The summed E-state index contributed by atoms with van der Waals surface area (Å²) in [5.74, 6) is 0. The zero-order valence-electron chi connectivity index (χ0n) is 9.34. The summed E-state index contributed by atoms with van der Waals surface area (Å²) in [5.41, 5.74) is 1.90. The Bertz CT molecular complexity index is 424. The van der Waals surface area contributed by atoms with Gasteiger partial charge in [-0.1, -0.05) is 0 Å². The first-order valence-electron chi connectivity index (χ1n) is 5.14. The molecule has 2 heterocycles. The molecule has 0 saturated heterocycles. The Kier molecular flexibility index (Phi) is 3.58. The lowest BCUT2D eigenvalue weighted by molar-refractivity contribution is 0.571. The number of aromatic nitrogens is 3. The van der Waals surface area contributed by atoms with Crippen LogP contribution in [-0.4, -0.2) is 22.0 Å². The van der Waals surface area contributed by atoms with E-state index in [9.17, 15) is 0 Å². The Morgan fingerprint density at radius 1 is 1.31 bits per heavy atom. The topological polar surface area (TPSA) is 50.7 Å². The van der Waals surface area contributed by atoms with E-state index in [0.717, 1.165) is 22.8 Å². The summed E-state index contributed by atoms with van der Waals surface area (Å²) in [6.45, 7) is 1.94. The first kappa shape index (κ1) is 11.2. The van der Waals surface area contributed by atoms with E-state index in [2.05, 4.69) is 20.3 Å². The number of hydrogen-bond donors (Lipinski definition) is 1. The summed E-state index contributed by atoms with van der Waals surface area (Å²) in [4.78, 5) is 12.9. The Morgan fingerprint density at radius 3 is 2.75 bits per heavy atom. The van der Waals surface area contributed by atoms with Crippen LogP contribution in [0, 0.1) is 6.92 Å². The summed E-state index contributed by atoms with van der Waals surface area (Å²) in [6, 6.07) is 0.180. The number of aryl methyl sites for hydroxylation is 1. The molecular formula is C11H14N4S. The molecule has 5 heteroatoms. The number of nitrogens with zero attached hydrogens (tertiary/aromatic N) is 3. The largest absolute Gasteiger partial charge is 0.311 e. The summed E-state index contributed by atoms with van der Waals surface area (Å²) in [5, 5.41) is 6.34. The molecule has 0 saturated carbocycles. The highest BCUT2D eigenvalue weighted by molar-refractivity contribution is 7.09. The number of likely N-dealkylation sites (N-methyl/N-ethyl adjacent to an activating group) is 1. The summed E-state index contributed by atoms with van der Waals surface area (Å²) in [7, 11) is 1.93. The van der Waals surface area contributed by atoms with E-state index in [-0.39, 0.29) is 6.04 Å².